The van der Waals surface area contributed by atoms with Crippen molar-refractivity contribution in [3.63, 3.8) is 0 Å². The van der Waals surface area contributed by atoms with Gasteiger partial charge in [0.05, 0.1) is 24.2 Å². The normalized spacial score (nSPS) is 34.6. The minimum absolute atomic E-state index is 0.223. The molecule has 1 heterocycles. The molecule has 0 aromatic heterocycles. The molecule has 102 valence electrons. The second kappa shape index (κ2) is 4.82. The number of carbonyl (C=O) groups excluding carboxylic acids is 1. The number of nitrogens with zero attached hydrogens (tertiary/aromatic N) is 1. The van der Waals surface area contributed by atoms with Crippen molar-refractivity contribution in [1.82, 2.24) is 4.90 Å². The monoisotopic (exact) mass is 252 g/mol. The zero-order chi connectivity index (χ0) is 12.6. The summed E-state index contributed by atoms with van der Waals surface area (Å²) in [5.41, 5.74) is 5.64. The zero-order valence-corrected chi connectivity index (χ0v) is 11.1. The third kappa shape index (κ3) is 1.86. The molecule has 0 aromatic carbocycles. The Bertz CT molecular complexity index is 320. The van der Waals surface area contributed by atoms with Gasteiger partial charge in [0.2, 0.25) is 5.91 Å². The lowest BCUT2D eigenvalue weighted by Crippen LogP contribution is -2.61. The number of hydrogen-bond donors (Lipinski definition) is 1. The lowest BCUT2D eigenvalue weighted by atomic mass is 9.67. The number of fused-ring (bicyclic) bond motifs is 1. The third-order valence-electron chi connectivity index (χ3n) is 5.15. The smallest absolute Gasteiger partial charge is 0.230 e. The fourth-order valence-electron chi connectivity index (χ4n) is 3.76. The first kappa shape index (κ1) is 12.4. The van der Waals surface area contributed by atoms with Crippen LogP contribution in [0.5, 0.6) is 0 Å². The van der Waals surface area contributed by atoms with Gasteiger partial charge in [0.1, 0.15) is 0 Å². The Balaban J connectivity index is 1.75. The molecule has 1 amide bonds. The Morgan fingerprint density at radius 1 is 1.28 bits per heavy atom. The van der Waals surface area contributed by atoms with Gasteiger partial charge >= 0.3 is 0 Å². The van der Waals surface area contributed by atoms with Gasteiger partial charge < -0.3 is 15.4 Å². The van der Waals surface area contributed by atoms with Gasteiger partial charge in [0.15, 0.2) is 0 Å². The molecule has 2 unspecified atom stereocenters. The van der Waals surface area contributed by atoms with Crippen molar-refractivity contribution >= 4 is 5.91 Å². The summed E-state index contributed by atoms with van der Waals surface area (Å²) in [6.45, 7) is 1.98. The van der Waals surface area contributed by atoms with E-state index in [1.807, 2.05) is 0 Å². The molecular weight excluding hydrogens is 228 g/mol. The molecule has 0 radical (unpaired) electrons. The van der Waals surface area contributed by atoms with Crippen molar-refractivity contribution < 1.29 is 9.53 Å². The van der Waals surface area contributed by atoms with E-state index in [-0.39, 0.29) is 11.5 Å². The Kier molecular flexibility index (Phi) is 3.32. The number of carbonyl (C=O) groups is 1. The molecule has 4 heteroatoms. The lowest BCUT2D eigenvalue weighted by molar-refractivity contribution is -0.164. The van der Waals surface area contributed by atoms with Crippen molar-refractivity contribution in [3.05, 3.63) is 0 Å². The molecule has 0 spiro atoms. The van der Waals surface area contributed by atoms with E-state index in [9.17, 15) is 4.79 Å². The number of hydrogen-bond acceptors (Lipinski definition) is 3. The van der Waals surface area contributed by atoms with E-state index in [1.165, 1.54) is 12.8 Å². The highest BCUT2D eigenvalue weighted by molar-refractivity contribution is 5.84. The van der Waals surface area contributed by atoms with Gasteiger partial charge in [-0.1, -0.05) is 19.3 Å². The maximum Gasteiger partial charge on any atom is 0.230 e. The first-order valence-corrected chi connectivity index (χ1v) is 7.40. The van der Waals surface area contributed by atoms with Crippen LogP contribution < -0.4 is 5.73 Å². The number of morpholine rings is 1. The topological polar surface area (TPSA) is 55.6 Å². The first-order valence-electron chi connectivity index (χ1n) is 7.40. The van der Waals surface area contributed by atoms with Crippen molar-refractivity contribution in [2.75, 3.05) is 19.7 Å². The maximum atomic E-state index is 12.8. The highest BCUT2D eigenvalue weighted by Crippen LogP contribution is 2.43. The van der Waals surface area contributed by atoms with Crippen molar-refractivity contribution in [2.45, 2.75) is 57.1 Å². The number of rotatable bonds is 2. The van der Waals surface area contributed by atoms with Crippen LogP contribution >= 0.6 is 0 Å². The summed E-state index contributed by atoms with van der Waals surface area (Å²) >= 11 is 0. The summed E-state index contributed by atoms with van der Waals surface area (Å²) in [4.78, 5) is 14.9. The minimum Gasteiger partial charge on any atom is -0.374 e. The highest BCUT2D eigenvalue weighted by Gasteiger charge is 2.48. The predicted molar refractivity (Wildman–Crippen MR) is 69.0 cm³/mol. The SMILES string of the molecule is NCC1(C(=O)N2CCOC3CCCCC32)CCC1. The van der Waals surface area contributed by atoms with Crippen molar-refractivity contribution in [3.8, 4) is 0 Å². The van der Waals surface area contributed by atoms with E-state index < -0.39 is 0 Å². The second-order valence-corrected chi connectivity index (χ2v) is 6.10. The summed E-state index contributed by atoms with van der Waals surface area (Å²) in [6.07, 6.45) is 8.09. The van der Waals surface area contributed by atoms with Crippen LogP contribution in [0.3, 0.4) is 0 Å². The molecule has 0 bridgehead atoms. The van der Waals surface area contributed by atoms with Crippen LogP contribution in [0.2, 0.25) is 0 Å². The molecule has 2 N–H and O–H groups in total. The molecule has 18 heavy (non-hydrogen) atoms. The van der Waals surface area contributed by atoms with E-state index in [4.69, 9.17) is 10.5 Å². The summed E-state index contributed by atoms with van der Waals surface area (Å²) in [5.74, 6) is 0.316. The number of ether oxygens (including phenoxy) is 1. The molecule has 2 saturated carbocycles. The van der Waals surface area contributed by atoms with Crippen LogP contribution in [0.4, 0.5) is 0 Å². The summed E-state index contributed by atoms with van der Waals surface area (Å²) < 4.78 is 5.84. The molecular formula is C14H24N2O2. The molecule has 1 aliphatic heterocycles. The van der Waals surface area contributed by atoms with Gasteiger partial charge in [-0.25, -0.2) is 0 Å². The summed E-state index contributed by atoms with van der Waals surface area (Å²) in [6, 6.07) is 0.323. The van der Waals surface area contributed by atoms with Crippen LogP contribution in [0.1, 0.15) is 44.9 Å². The van der Waals surface area contributed by atoms with Gasteiger partial charge in [-0.2, -0.15) is 0 Å². The maximum absolute atomic E-state index is 12.8. The van der Waals surface area contributed by atoms with Crippen molar-refractivity contribution in [2.24, 2.45) is 11.1 Å². The zero-order valence-electron chi connectivity index (χ0n) is 11.1. The van der Waals surface area contributed by atoms with Gasteiger partial charge in [-0.3, -0.25) is 4.79 Å². The fraction of sp³-hybridized carbons (Fsp3) is 0.929. The van der Waals surface area contributed by atoms with E-state index in [2.05, 4.69) is 4.90 Å². The molecule has 3 rings (SSSR count). The van der Waals surface area contributed by atoms with E-state index >= 15 is 0 Å². The predicted octanol–water partition coefficient (Wildman–Crippen LogP) is 1.29. The molecule has 3 aliphatic rings. The fourth-order valence-corrected chi connectivity index (χ4v) is 3.76. The van der Waals surface area contributed by atoms with Crippen LogP contribution in [0.25, 0.3) is 0 Å². The Morgan fingerprint density at radius 3 is 2.72 bits per heavy atom. The van der Waals surface area contributed by atoms with Crippen LogP contribution in [0.15, 0.2) is 0 Å². The molecule has 3 fully saturated rings. The highest BCUT2D eigenvalue weighted by atomic mass is 16.5. The average molecular weight is 252 g/mol. The number of nitrogens with two attached hydrogens (primary N) is 1. The standard InChI is InChI=1S/C14H24N2O2/c15-10-14(6-3-7-14)13(17)16-8-9-18-12-5-2-1-4-11(12)16/h11-12H,1-10,15H2. The minimum atomic E-state index is -0.223. The average Bonchev–Trinajstić information content (AvgIpc) is 2.37. The van der Waals surface area contributed by atoms with E-state index in [0.29, 0.717) is 25.1 Å². The Hall–Kier alpha value is -0.610. The Morgan fingerprint density at radius 2 is 2.06 bits per heavy atom. The lowest BCUT2D eigenvalue weighted by Gasteiger charge is -2.49. The van der Waals surface area contributed by atoms with Gasteiger partial charge in [-0.05, 0) is 25.7 Å². The van der Waals surface area contributed by atoms with Gasteiger partial charge in [0.25, 0.3) is 0 Å². The van der Waals surface area contributed by atoms with Crippen molar-refractivity contribution in [1.29, 1.82) is 0 Å². The first-order chi connectivity index (χ1) is 8.77. The Labute approximate surface area is 109 Å². The van der Waals surface area contributed by atoms with Crippen LogP contribution in [-0.4, -0.2) is 42.6 Å². The molecule has 2 aliphatic carbocycles. The molecule has 2 atom stereocenters. The summed E-state index contributed by atoms with van der Waals surface area (Å²) in [7, 11) is 0. The van der Waals surface area contributed by atoms with Gasteiger partial charge in [-0.15, -0.1) is 0 Å². The quantitative estimate of drug-likeness (QED) is 0.805. The summed E-state index contributed by atoms with van der Waals surface area (Å²) in [5, 5.41) is 0. The molecule has 4 nitrogen and oxygen atoms in total. The number of amides is 1. The molecule has 1 saturated heterocycles. The second-order valence-electron chi connectivity index (χ2n) is 6.10. The largest absolute Gasteiger partial charge is 0.374 e. The third-order valence-corrected chi connectivity index (χ3v) is 5.15. The van der Waals surface area contributed by atoms with Crippen LogP contribution in [0, 0.1) is 5.41 Å². The van der Waals surface area contributed by atoms with E-state index in [1.54, 1.807) is 0 Å². The molecule has 0 aromatic rings. The van der Waals surface area contributed by atoms with E-state index in [0.717, 1.165) is 38.6 Å². The van der Waals surface area contributed by atoms with Gasteiger partial charge in [0, 0.05) is 13.1 Å². The van der Waals surface area contributed by atoms with Crippen LogP contribution in [-0.2, 0) is 9.53 Å².